The van der Waals surface area contributed by atoms with Crippen molar-refractivity contribution in [1.29, 1.82) is 0 Å². The van der Waals surface area contributed by atoms with Crippen molar-refractivity contribution < 1.29 is 10.3 Å². The third-order valence-corrected chi connectivity index (χ3v) is 20.4. The minimum atomic E-state index is -1.69. The fraction of sp³-hybridized carbons (Fsp3) is 1.00. The maximum atomic E-state index is 8.36. The van der Waals surface area contributed by atoms with Crippen LogP contribution in [0.4, 0.5) is 0 Å². The first kappa shape index (κ1) is 23.3. The van der Waals surface area contributed by atoms with Gasteiger partial charge in [0.25, 0.3) is 5.09 Å². The fourth-order valence-electron chi connectivity index (χ4n) is 2.96. The summed E-state index contributed by atoms with van der Waals surface area (Å²) >= 11 is -1.69. The van der Waals surface area contributed by atoms with Crippen molar-refractivity contribution in [1.82, 2.24) is 0 Å². The smallest absolute Gasteiger partial charge is 0.291 e. The molecular formula is C16H37NO3Sn. The van der Waals surface area contributed by atoms with Gasteiger partial charge in [-0.2, -0.15) is 0 Å². The first-order valence-corrected chi connectivity index (χ1v) is 16.9. The molecule has 4 nitrogen and oxygen atoms in total. The second kappa shape index (κ2) is 16.4. The molecular weight excluding hydrogens is 373 g/mol. The Labute approximate surface area is 135 Å². The predicted octanol–water partition coefficient (Wildman–Crippen LogP) is 6.29. The largest absolute Gasteiger partial charge is 0.328 e. The van der Waals surface area contributed by atoms with Crippen LogP contribution in [0.15, 0.2) is 0 Å². The topological polar surface area (TPSA) is 63.4 Å². The van der Waals surface area contributed by atoms with Gasteiger partial charge in [-0.25, -0.2) is 0 Å². The van der Waals surface area contributed by atoms with Crippen LogP contribution in [0.1, 0.15) is 79.1 Å². The second-order valence-corrected chi connectivity index (χ2v) is 20.4. The molecule has 0 spiro atoms. The molecule has 5 heteroatoms. The van der Waals surface area contributed by atoms with E-state index in [9.17, 15) is 0 Å². The molecule has 0 fully saturated rings. The summed E-state index contributed by atoms with van der Waals surface area (Å²) < 4.78 is 6.80. The zero-order valence-corrected chi connectivity index (χ0v) is 17.6. The van der Waals surface area contributed by atoms with Crippen molar-refractivity contribution in [2.24, 2.45) is 0 Å². The number of hydrogen-bond acceptors (Lipinski definition) is 2. The van der Waals surface area contributed by atoms with Gasteiger partial charge in [-0.05, 0) is 0 Å². The van der Waals surface area contributed by atoms with Crippen LogP contribution in [-0.2, 0) is 0 Å². The summed E-state index contributed by atoms with van der Waals surface area (Å²) in [5.74, 6) is 0. The minimum Gasteiger partial charge on any atom is -0.328 e. The van der Waals surface area contributed by atoms with Crippen LogP contribution in [0.2, 0.25) is 17.7 Å². The van der Waals surface area contributed by atoms with Gasteiger partial charge in [0.15, 0.2) is 0 Å². The van der Waals surface area contributed by atoms with Crippen molar-refractivity contribution in [2.45, 2.75) is 96.8 Å². The predicted molar refractivity (Wildman–Crippen MR) is 93.4 cm³/mol. The van der Waals surface area contributed by atoms with Gasteiger partial charge in [0.2, 0.25) is 0 Å². The Bertz CT molecular complexity index is 196. The Kier molecular flexibility index (Phi) is 18.1. The molecule has 0 unspecified atom stereocenters. The Morgan fingerprint density at radius 1 is 0.762 bits per heavy atom. The van der Waals surface area contributed by atoms with E-state index in [1.165, 1.54) is 51.4 Å². The Balaban J connectivity index is 0. The van der Waals surface area contributed by atoms with Crippen molar-refractivity contribution >= 4 is 18.4 Å². The molecule has 0 bridgehead atoms. The van der Waals surface area contributed by atoms with E-state index in [0.29, 0.717) is 0 Å². The normalized spacial score (nSPS) is 10.9. The maximum Gasteiger partial charge on any atom is 0.291 e. The summed E-state index contributed by atoms with van der Waals surface area (Å²) in [7, 11) is 0. The fourth-order valence-corrected chi connectivity index (χ4v) is 19.8. The van der Waals surface area contributed by atoms with E-state index in [1.807, 2.05) is 0 Å². The Morgan fingerprint density at radius 3 is 1.10 bits per heavy atom. The van der Waals surface area contributed by atoms with Crippen LogP contribution in [-0.4, -0.2) is 28.7 Å². The zero-order chi connectivity index (χ0) is 16.6. The molecule has 0 aromatic heterocycles. The summed E-state index contributed by atoms with van der Waals surface area (Å²) in [6, 6.07) is 0. The monoisotopic (exact) mass is 411 g/mol. The van der Waals surface area contributed by atoms with Crippen LogP contribution >= 0.6 is 0 Å². The molecule has 0 atom stereocenters. The summed E-state index contributed by atoms with van der Waals surface area (Å²) in [5.41, 5.74) is 0. The molecule has 0 saturated carbocycles. The average Bonchev–Trinajstić information content (AvgIpc) is 2.45. The molecule has 0 aliphatic carbocycles. The molecule has 0 heterocycles. The van der Waals surface area contributed by atoms with Crippen LogP contribution in [0, 0.1) is 10.1 Å². The van der Waals surface area contributed by atoms with E-state index in [1.54, 1.807) is 17.7 Å². The van der Waals surface area contributed by atoms with E-state index in [2.05, 4.69) is 27.7 Å². The van der Waals surface area contributed by atoms with Gasteiger partial charge < -0.3 is 5.21 Å². The second-order valence-electron chi connectivity index (χ2n) is 6.15. The van der Waals surface area contributed by atoms with Crippen LogP contribution in [0.25, 0.3) is 0 Å². The molecule has 0 aromatic carbocycles. The summed E-state index contributed by atoms with van der Waals surface area (Å²) in [5, 5.41) is 13.6. The van der Waals surface area contributed by atoms with Crippen LogP contribution < -0.4 is 0 Å². The third kappa shape index (κ3) is 16.2. The summed E-state index contributed by atoms with van der Waals surface area (Å²) in [6.45, 7) is 9.48. The molecule has 0 aromatic rings. The molecule has 0 radical (unpaired) electrons. The van der Waals surface area contributed by atoms with Gasteiger partial charge in [0.05, 0.1) is 0 Å². The number of nitrogens with zero attached hydrogens (tertiary/aromatic N) is 1. The van der Waals surface area contributed by atoms with Gasteiger partial charge in [-0.15, -0.1) is 10.1 Å². The molecule has 21 heavy (non-hydrogen) atoms. The third-order valence-electron chi connectivity index (χ3n) is 4.24. The van der Waals surface area contributed by atoms with E-state index >= 15 is 0 Å². The summed E-state index contributed by atoms with van der Waals surface area (Å²) in [4.78, 5) is 8.36. The van der Waals surface area contributed by atoms with Gasteiger partial charge in [0, 0.05) is 0 Å². The van der Waals surface area contributed by atoms with Crippen molar-refractivity contribution in [2.75, 3.05) is 0 Å². The van der Waals surface area contributed by atoms with Gasteiger partial charge in [-0.3, -0.25) is 0 Å². The molecule has 0 rings (SSSR count). The van der Waals surface area contributed by atoms with Crippen molar-refractivity contribution in [3.8, 4) is 0 Å². The standard InChI is InChI=1S/4C4H9.HNO3.Sn/c4*1-3-4-2;2-1(3)4;/h4*1,3-4H2,2H3;(H,2,3,4);. The first-order chi connectivity index (χ1) is 9.97. The maximum absolute atomic E-state index is 8.36. The molecule has 0 aliphatic heterocycles. The van der Waals surface area contributed by atoms with Gasteiger partial charge >= 0.3 is 115 Å². The molecule has 0 saturated heterocycles. The minimum absolute atomic E-state index is 1.42. The molecule has 128 valence electrons. The van der Waals surface area contributed by atoms with E-state index in [-0.39, 0.29) is 0 Å². The van der Waals surface area contributed by atoms with E-state index in [4.69, 9.17) is 15.3 Å². The van der Waals surface area contributed by atoms with Gasteiger partial charge in [0.1, 0.15) is 0 Å². The van der Waals surface area contributed by atoms with Crippen molar-refractivity contribution in [3.05, 3.63) is 10.1 Å². The Hall–Kier alpha value is -0.00130. The SMILES string of the molecule is CCC[CH2][Sn]([CH2]CCC)([CH2]CCC)[CH2]CCC.O=[N+]([O-])O. The number of unbranched alkanes of at least 4 members (excludes halogenated alkanes) is 4. The Morgan fingerprint density at radius 2 is 0.952 bits per heavy atom. The van der Waals surface area contributed by atoms with Crippen LogP contribution in [0.3, 0.4) is 0 Å². The zero-order valence-electron chi connectivity index (χ0n) is 14.7. The first-order valence-electron chi connectivity index (χ1n) is 8.81. The average molecular weight is 410 g/mol. The van der Waals surface area contributed by atoms with E-state index in [0.717, 1.165) is 0 Å². The summed E-state index contributed by atoms with van der Waals surface area (Å²) in [6.07, 6.45) is 11.8. The van der Waals surface area contributed by atoms with E-state index < -0.39 is 23.5 Å². The quantitative estimate of drug-likeness (QED) is 0.234. The number of hydrogen-bond donors (Lipinski definition) is 1. The molecule has 0 aliphatic rings. The molecule has 0 amide bonds. The molecule has 1 N–H and O–H groups in total. The van der Waals surface area contributed by atoms with Gasteiger partial charge in [-0.1, -0.05) is 0 Å². The van der Waals surface area contributed by atoms with Crippen LogP contribution in [0.5, 0.6) is 0 Å². The van der Waals surface area contributed by atoms with Crippen molar-refractivity contribution in [3.63, 3.8) is 0 Å². The number of rotatable bonds is 12.